The van der Waals surface area contributed by atoms with Gasteiger partial charge in [0.05, 0.1) is 5.69 Å². The van der Waals surface area contributed by atoms with E-state index in [1.807, 2.05) is 24.3 Å². The first-order valence-electron chi connectivity index (χ1n) is 5.37. The van der Waals surface area contributed by atoms with E-state index < -0.39 is 0 Å². The Morgan fingerprint density at radius 2 is 2.06 bits per heavy atom. The molecule has 0 amide bonds. The first-order valence-corrected chi connectivity index (χ1v) is 5.37. The van der Waals surface area contributed by atoms with Crippen LogP contribution >= 0.6 is 0 Å². The Morgan fingerprint density at radius 3 is 2.62 bits per heavy atom. The Morgan fingerprint density at radius 1 is 1.31 bits per heavy atom. The van der Waals surface area contributed by atoms with Crippen LogP contribution in [0.25, 0.3) is 5.69 Å². The summed E-state index contributed by atoms with van der Waals surface area (Å²) in [6, 6.07) is 7.94. The summed E-state index contributed by atoms with van der Waals surface area (Å²) in [5.41, 5.74) is 1.99. The number of H-pyrrole nitrogens is 1. The second-order valence-corrected chi connectivity index (χ2v) is 3.58. The topological polar surface area (TPSA) is 49.8 Å². The molecule has 0 fully saturated rings. The Kier molecular flexibility index (Phi) is 3.22. The van der Waals surface area contributed by atoms with Crippen LogP contribution in [0.2, 0.25) is 0 Å². The first kappa shape index (κ1) is 10.7. The van der Waals surface area contributed by atoms with E-state index in [9.17, 15) is 4.79 Å². The summed E-state index contributed by atoms with van der Waals surface area (Å²) in [6.45, 7) is 3.89. The van der Waals surface area contributed by atoms with Crippen LogP contribution < -0.4 is 11.0 Å². The molecule has 0 spiro atoms. The van der Waals surface area contributed by atoms with Crippen LogP contribution in [0.5, 0.6) is 0 Å². The highest BCUT2D eigenvalue weighted by Crippen LogP contribution is 2.07. The third kappa shape index (κ3) is 2.23. The predicted molar refractivity (Wildman–Crippen MR) is 63.8 cm³/mol. The summed E-state index contributed by atoms with van der Waals surface area (Å²) in [5, 5.41) is 3.26. The van der Waals surface area contributed by atoms with Gasteiger partial charge in [-0.2, -0.15) is 0 Å². The number of nitrogens with one attached hydrogen (secondary N) is 2. The van der Waals surface area contributed by atoms with Crippen molar-refractivity contribution in [2.24, 2.45) is 0 Å². The summed E-state index contributed by atoms with van der Waals surface area (Å²) in [7, 11) is 0. The fourth-order valence-corrected chi connectivity index (χ4v) is 1.57. The standard InChI is InChI=1S/C12H15N3O/c1-2-13-9-10-3-5-11(6-4-10)15-8-7-14-12(15)16/h3-8,13H,2,9H2,1H3,(H,14,16). The zero-order valence-corrected chi connectivity index (χ0v) is 9.23. The molecule has 0 aliphatic heterocycles. The Hall–Kier alpha value is -1.81. The van der Waals surface area contributed by atoms with E-state index in [0.29, 0.717) is 0 Å². The minimum absolute atomic E-state index is 0.112. The highest BCUT2D eigenvalue weighted by Gasteiger charge is 1.99. The van der Waals surface area contributed by atoms with E-state index in [-0.39, 0.29) is 5.69 Å². The van der Waals surface area contributed by atoms with E-state index >= 15 is 0 Å². The van der Waals surface area contributed by atoms with Gasteiger partial charge < -0.3 is 10.3 Å². The molecular formula is C12H15N3O. The van der Waals surface area contributed by atoms with Crippen molar-refractivity contribution < 1.29 is 0 Å². The summed E-state index contributed by atoms with van der Waals surface area (Å²) < 4.78 is 1.58. The summed E-state index contributed by atoms with van der Waals surface area (Å²) >= 11 is 0. The summed E-state index contributed by atoms with van der Waals surface area (Å²) in [4.78, 5) is 14.0. The molecule has 0 saturated heterocycles. The van der Waals surface area contributed by atoms with Crippen molar-refractivity contribution >= 4 is 0 Å². The third-order valence-electron chi connectivity index (χ3n) is 2.44. The van der Waals surface area contributed by atoms with Gasteiger partial charge in [-0.3, -0.25) is 4.57 Å². The van der Waals surface area contributed by atoms with Gasteiger partial charge in [-0.1, -0.05) is 19.1 Å². The van der Waals surface area contributed by atoms with Crippen molar-refractivity contribution in [2.45, 2.75) is 13.5 Å². The monoisotopic (exact) mass is 217 g/mol. The minimum atomic E-state index is -0.112. The Labute approximate surface area is 93.9 Å². The lowest BCUT2D eigenvalue weighted by molar-refractivity contribution is 0.726. The van der Waals surface area contributed by atoms with Crippen LogP contribution in [0, 0.1) is 0 Å². The largest absolute Gasteiger partial charge is 0.330 e. The molecule has 2 aromatic rings. The predicted octanol–water partition coefficient (Wildman–Crippen LogP) is 1.28. The highest BCUT2D eigenvalue weighted by molar-refractivity contribution is 5.34. The molecule has 0 radical (unpaired) electrons. The second kappa shape index (κ2) is 4.81. The maximum Gasteiger partial charge on any atom is 0.330 e. The molecule has 0 aliphatic rings. The zero-order chi connectivity index (χ0) is 11.4. The lowest BCUT2D eigenvalue weighted by Crippen LogP contribution is -2.14. The molecule has 0 unspecified atom stereocenters. The van der Waals surface area contributed by atoms with E-state index in [2.05, 4.69) is 17.2 Å². The molecule has 0 bridgehead atoms. The first-order chi connectivity index (χ1) is 7.81. The van der Waals surface area contributed by atoms with Crippen molar-refractivity contribution in [1.82, 2.24) is 14.9 Å². The molecule has 0 saturated carbocycles. The fourth-order valence-electron chi connectivity index (χ4n) is 1.57. The van der Waals surface area contributed by atoms with Gasteiger partial charge in [-0.15, -0.1) is 0 Å². The van der Waals surface area contributed by atoms with Crippen molar-refractivity contribution in [1.29, 1.82) is 0 Å². The number of hydrogen-bond acceptors (Lipinski definition) is 2. The van der Waals surface area contributed by atoms with E-state index in [4.69, 9.17) is 0 Å². The third-order valence-corrected chi connectivity index (χ3v) is 2.44. The molecule has 2 N–H and O–H groups in total. The second-order valence-electron chi connectivity index (χ2n) is 3.58. The van der Waals surface area contributed by atoms with Gasteiger partial charge in [0.1, 0.15) is 0 Å². The number of rotatable bonds is 4. The molecule has 1 aromatic heterocycles. The SMILES string of the molecule is CCNCc1ccc(-n2cc[nH]c2=O)cc1. The molecule has 1 heterocycles. The lowest BCUT2D eigenvalue weighted by Gasteiger charge is -2.04. The molecule has 0 aliphatic carbocycles. The van der Waals surface area contributed by atoms with Gasteiger partial charge >= 0.3 is 5.69 Å². The van der Waals surface area contributed by atoms with Crippen LogP contribution in [-0.2, 0) is 6.54 Å². The van der Waals surface area contributed by atoms with Crippen LogP contribution in [0.4, 0.5) is 0 Å². The minimum Gasteiger partial charge on any atom is -0.313 e. The Balaban J connectivity index is 2.20. The highest BCUT2D eigenvalue weighted by atomic mass is 16.1. The van der Waals surface area contributed by atoms with Gasteiger partial charge in [0, 0.05) is 18.9 Å². The average Bonchev–Trinajstić information content (AvgIpc) is 2.74. The molecule has 4 heteroatoms. The summed E-state index contributed by atoms with van der Waals surface area (Å²) in [5.74, 6) is 0. The van der Waals surface area contributed by atoms with Crippen molar-refractivity contribution in [3.8, 4) is 5.69 Å². The smallest absolute Gasteiger partial charge is 0.313 e. The van der Waals surface area contributed by atoms with Crippen LogP contribution in [0.1, 0.15) is 12.5 Å². The number of aromatic nitrogens is 2. The molecule has 84 valence electrons. The van der Waals surface area contributed by atoms with Crippen LogP contribution in [0.15, 0.2) is 41.5 Å². The molecule has 16 heavy (non-hydrogen) atoms. The maximum absolute atomic E-state index is 11.4. The molecular weight excluding hydrogens is 202 g/mol. The van der Waals surface area contributed by atoms with E-state index in [1.165, 1.54) is 5.56 Å². The van der Waals surface area contributed by atoms with Gasteiger partial charge in [-0.25, -0.2) is 4.79 Å². The van der Waals surface area contributed by atoms with Crippen molar-refractivity contribution in [3.05, 3.63) is 52.7 Å². The molecule has 4 nitrogen and oxygen atoms in total. The Bertz CT molecular complexity index is 495. The normalized spacial score (nSPS) is 10.6. The lowest BCUT2D eigenvalue weighted by atomic mass is 10.2. The molecule has 2 rings (SSSR count). The molecule has 1 aromatic carbocycles. The van der Waals surface area contributed by atoms with Gasteiger partial charge in [-0.05, 0) is 24.2 Å². The zero-order valence-electron chi connectivity index (χ0n) is 9.23. The van der Waals surface area contributed by atoms with Gasteiger partial charge in [0.2, 0.25) is 0 Å². The average molecular weight is 217 g/mol. The van der Waals surface area contributed by atoms with E-state index in [0.717, 1.165) is 18.8 Å². The van der Waals surface area contributed by atoms with Gasteiger partial charge in [0.15, 0.2) is 0 Å². The maximum atomic E-state index is 11.4. The van der Waals surface area contributed by atoms with Gasteiger partial charge in [0.25, 0.3) is 0 Å². The number of hydrogen-bond donors (Lipinski definition) is 2. The van der Waals surface area contributed by atoms with Crippen LogP contribution in [-0.4, -0.2) is 16.1 Å². The molecule has 0 atom stereocenters. The number of aromatic amines is 1. The van der Waals surface area contributed by atoms with Crippen LogP contribution in [0.3, 0.4) is 0 Å². The number of nitrogens with zero attached hydrogens (tertiary/aromatic N) is 1. The summed E-state index contributed by atoms with van der Waals surface area (Å²) in [6.07, 6.45) is 3.36. The number of imidazole rings is 1. The van der Waals surface area contributed by atoms with E-state index in [1.54, 1.807) is 17.0 Å². The van der Waals surface area contributed by atoms with Crippen molar-refractivity contribution in [3.63, 3.8) is 0 Å². The quantitative estimate of drug-likeness (QED) is 0.810. The van der Waals surface area contributed by atoms with Crippen molar-refractivity contribution in [2.75, 3.05) is 6.54 Å². The fraction of sp³-hybridized carbons (Fsp3) is 0.250. The number of benzene rings is 1.